The minimum Gasteiger partial charge on any atom is -0.430 e. The highest BCUT2D eigenvalue weighted by molar-refractivity contribution is 9.09. The van der Waals surface area contributed by atoms with Gasteiger partial charge in [-0.05, 0) is 12.1 Å². The van der Waals surface area contributed by atoms with Gasteiger partial charge in [-0.1, -0.05) is 27.5 Å². The van der Waals surface area contributed by atoms with Gasteiger partial charge in [-0.15, -0.1) is 0 Å². The number of pyridine rings is 1. The van der Waals surface area contributed by atoms with Crippen LogP contribution >= 0.6 is 27.5 Å². The summed E-state index contributed by atoms with van der Waals surface area (Å²) < 4.78 is 29.5. The molecule has 0 N–H and O–H groups in total. The molecule has 0 amide bonds. The summed E-state index contributed by atoms with van der Waals surface area (Å²) in [6.07, 6.45) is -2.09. The second kappa shape index (κ2) is 4.19. The number of hydrogen-bond acceptors (Lipinski definition) is 2. The summed E-state index contributed by atoms with van der Waals surface area (Å²) in [5.41, 5.74) is 0. The number of ether oxygens (including phenoxy) is 1. The fourth-order valence-corrected chi connectivity index (χ4v) is 0.849. The van der Waals surface area contributed by atoms with Crippen molar-refractivity contribution in [2.75, 3.05) is 5.33 Å². The van der Waals surface area contributed by atoms with Gasteiger partial charge in [0.25, 0.3) is 0 Å². The van der Waals surface area contributed by atoms with E-state index in [4.69, 9.17) is 11.6 Å². The van der Waals surface area contributed by atoms with E-state index in [1.165, 1.54) is 12.1 Å². The molecule has 0 aliphatic carbocycles. The van der Waals surface area contributed by atoms with Gasteiger partial charge in [0, 0.05) is 0 Å². The first kappa shape index (κ1) is 10.7. The lowest BCUT2D eigenvalue weighted by Crippen LogP contribution is -2.26. The molecule has 0 aliphatic heterocycles. The SMILES string of the molecule is FC(F)(CBr)Oc1ccc(Cl)nc1. The Bertz CT molecular complexity index is 280. The second-order valence-electron chi connectivity index (χ2n) is 2.19. The molecule has 1 rings (SSSR count). The smallest absolute Gasteiger partial charge is 0.407 e. The maximum absolute atomic E-state index is 12.6. The third kappa shape index (κ3) is 3.44. The number of alkyl halides is 3. The number of hydrogen-bond donors (Lipinski definition) is 0. The monoisotopic (exact) mass is 271 g/mol. The van der Waals surface area contributed by atoms with E-state index in [1.54, 1.807) is 0 Å². The molecule has 0 spiro atoms. The van der Waals surface area contributed by atoms with Gasteiger partial charge < -0.3 is 4.74 Å². The van der Waals surface area contributed by atoms with Gasteiger partial charge in [-0.2, -0.15) is 8.78 Å². The number of halogens is 4. The van der Waals surface area contributed by atoms with Crippen molar-refractivity contribution in [1.29, 1.82) is 0 Å². The number of nitrogens with zero attached hydrogens (tertiary/aromatic N) is 1. The Morgan fingerprint density at radius 1 is 1.54 bits per heavy atom. The molecule has 0 bridgehead atoms. The van der Waals surface area contributed by atoms with Crippen molar-refractivity contribution in [1.82, 2.24) is 4.98 Å². The first-order valence-electron chi connectivity index (χ1n) is 3.28. The normalized spacial score (nSPS) is 11.4. The molecular formula is C7H5BrClF2NO. The van der Waals surface area contributed by atoms with Gasteiger partial charge in [0.2, 0.25) is 0 Å². The molecule has 0 aromatic carbocycles. The standard InChI is InChI=1S/C7H5BrClF2NO/c8-4-7(10,11)13-5-1-2-6(9)12-3-5/h1-3H,4H2. The van der Waals surface area contributed by atoms with E-state index in [-0.39, 0.29) is 10.9 Å². The van der Waals surface area contributed by atoms with Crippen LogP contribution in [0.15, 0.2) is 18.3 Å². The Hall–Kier alpha value is -0.420. The predicted molar refractivity (Wildman–Crippen MR) is 48.6 cm³/mol. The number of rotatable bonds is 3. The van der Waals surface area contributed by atoms with Crippen molar-refractivity contribution >= 4 is 27.5 Å². The molecular weight excluding hydrogens is 267 g/mol. The maximum atomic E-state index is 12.6. The highest BCUT2D eigenvalue weighted by atomic mass is 79.9. The van der Waals surface area contributed by atoms with Crippen LogP contribution in [0.2, 0.25) is 5.15 Å². The minimum atomic E-state index is -3.23. The Balaban J connectivity index is 2.69. The van der Waals surface area contributed by atoms with Gasteiger partial charge in [0.1, 0.15) is 16.2 Å². The van der Waals surface area contributed by atoms with E-state index in [2.05, 4.69) is 25.7 Å². The quantitative estimate of drug-likeness (QED) is 0.623. The molecule has 1 heterocycles. The average Bonchev–Trinajstić information content (AvgIpc) is 2.09. The van der Waals surface area contributed by atoms with Crippen LogP contribution in [-0.4, -0.2) is 16.4 Å². The van der Waals surface area contributed by atoms with E-state index < -0.39 is 11.4 Å². The fraction of sp³-hybridized carbons (Fsp3) is 0.286. The second-order valence-corrected chi connectivity index (χ2v) is 3.14. The van der Waals surface area contributed by atoms with Gasteiger partial charge in [-0.3, -0.25) is 0 Å². The molecule has 0 atom stereocenters. The highest BCUT2D eigenvalue weighted by Gasteiger charge is 2.29. The van der Waals surface area contributed by atoms with E-state index in [1.807, 2.05) is 0 Å². The lowest BCUT2D eigenvalue weighted by atomic mass is 10.5. The zero-order valence-electron chi connectivity index (χ0n) is 6.31. The molecule has 0 radical (unpaired) electrons. The third-order valence-electron chi connectivity index (χ3n) is 1.12. The van der Waals surface area contributed by atoms with Crippen LogP contribution in [0.5, 0.6) is 5.75 Å². The molecule has 6 heteroatoms. The zero-order chi connectivity index (χ0) is 9.90. The lowest BCUT2D eigenvalue weighted by Gasteiger charge is -2.14. The van der Waals surface area contributed by atoms with Crippen LogP contribution in [0.4, 0.5) is 8.78 Å². The zero-order valence-corrected chi connectivity index (χ0v) is 8.65. The molecule has 2 nitrogen and oxygen atoms in total. The van der Waals surface area contributed by atoms with Crippen molar-refractivity contribution in [3.05, 3.63) is 23.5 Å². The first-order chi connectivity index (χ1) is 6.03. The Morgan fingerprint density at radius 3 is 2.69 bits per heavy atom. The first-order valence-corrected chi connectivity index (χ1v) is 4.78. The molecule has 0 saturated carbocycles. The van der Waals surface area contributed by atoms with Gasteiger partial charge >= 0.3 is 6.11 Å². The Kier molecular flexibility index (Phi) is 3.44. The fourth-order valence-electron chi connectivity index (χ4n) is 0.622. The van der Waals surface area contributed by atoms with Crippen molar-refractivity contribution < 1.29 is 13.5 Å². The summed E-state index contributed by atoms with van der Waals surface area (Å²) in [5, 5.41) is -0.336. The highest BCUT2D eigenvalue weighted by Crippen LogP contribution is 2.23. The van der Waals surface area contributed by atoms with Crippen LogP contribution in [0, 0.1) is 0 Å². The van der Waals surface area contributed by atoms with E-state index >= 15 is 0 Å². The van der Waals surface area contributed by atoms with E-state index in [9.17, 15) is 8.78 Å². The lowest BCUT2D eigenvalue weighted by molar-refractivity contribution is -0.153. The minimum absolute atomic E-state index is 0.0196. The molecule has 72 valence electrons. The van der Waals surface area contributed by atoms with Gasteiger partial charge in [0.05, 0.1) is 6.20 Å². The van der Waals surface area contributed by atoms with Crippen molar-refractivity contribution in [3.63, 3.8) is 0 Å². The summed E-state index contributed by atoms with van der Waals surface area (Å²) in [7, 11) is 0. The molecule has 1 aromatic rings. The summed E-state index contributed by atoms with van der Waals surface area (Å²) in [4.78, 5) is 3.59. The molecule has 0 saturated heterocycles. The van der Waals surface area contributed by atoms with Crippen molar-refractivity contribution in [2.24, 2.45) is 0 Å². The molecule has 13 heavy (non-hydrogen) atoms. The summed E-state index contributed by atoms with van der Waals surface area (Å²) in [5.74, 6) is -0.0196. The summed E-state index contributed by atoms with van der Waals surface area (Å²) >= 11 is 8.07. The predicted octanol–water partition coefficient (Wildman–Crippen LogP) is 3.10. The van der Waals surface area contributed by atoms with Gasteiger partial charge in [-0.25, -0.2) is 4.98 Å². The Labute approximate surface area is 87.0 Å². The topological polar surface area (TPSA) is 22.1 Å². The molecule has 1 aromatic heterocycles. The van der Waals surface area contributed by atoms with E-state index in [0.29, 0.717) is 0 Å². The van der Waals surface area contributed by atoms with Crippen molar-refractivity contribution in [2.45, 2.75) is 6.11 Å². The number of aromatic nitrogens is 1. The largest absolute Gasteiger partial charge is 0.430 e. The van der Waals surface area contributed by atoms with Gasteiger partial charge in [0.15, 0.2) is 0 Å². The van der Waals surface area contributed by atoms with Crippen LogP contribution in [0.3, 0.4) is 0 Å². The molecule has 0 aliphatic rings. The van der Waals surface area contributed by atoms with Crippen LogP contribution in [0.25, 0.3) is 0 Å². The van der Waals surface area contributed by atoms with Crippen molar-refractivity contribution in [3.8, 4) is 5.75 Å². The summed E-state index contributed by atoms with van der Waals surface area (Å²) in [6.45, 7) is 0. The summed E-state index contributed by atoms with van der Waals surface area (Å²) in [6, 6.07) is 2.70. The molecule has 0 fully saturated rings. The Morgan fingerprint density at radius 2 is 2.23 bits per heavy atom. The van der Waals surface area contributed by atoms with Crippen LogP contribution < -0.4 is 4.74 Å². The third-order valence-corrected chi connectivity index (χ3v) is 2.00. The molecule has 0 unspecified atom stereocenters. The average molecular weight is 272 g/mol. The van der Waals surface area contributed by atoms with E-state index in [0.717, 1.165) is 6.20 Å². The van der Waals surface area contributed by atoms with Crippen LogP contribution in [-0.2, 0) is 0 Å². The maximum Gasteiger partial charge on any atom is 0.407 e. The van der Waals surface area contributed by atoms with Crippen LogP contribution in [0.1, 0.15) is 0 Å².